The molecule has 1 aliphatic carbocycles. The Kier molecular flexibility index (Phi) is 30.8. The highest BCUT2D eigenvalue weighted by atomic mass is 35.5. The number of aromatic amines is 1. The number of nitro groups is 3. The second kappa shape index (κ2) is 39.0. The normalized spacial score (nSPS) is 18.8. The Balaban J connectivity index is 0.000000257. The number of nitrogens with one attached hydrogen (secondary N) is 3. The van der Waals surface area contributed by atoms with Crippen LogP contribution < -0.4 is 36.3 Å². The summed E-state index contributed by atoms with van der Waals surface area (Å²) < 4.78 is 221. The summed E-state index contributed by atoms with van der Waals surface area (Å²) in [6.45, 7) is 10.00. The number of halogens is 5. The van der Waals surface area contributed by atoms with Gasteiger partial charge < -0.3 is 45.2 Å². The number of hydrogen-bond acceptors (Lipinski definition) is 29. The average Bonchev–Trinajstić information content (AvgIpc) is 0.853. The van der Waals surface area contributed by atoms with Gasteiger partial charge in [0.2, 0.25) is 55.9 Å². The number of rotatable bonds is 25. The van der Waals surface area contributed by atoms with Crippen LogP contribution in [0.15, 0.2) is 136 Å². The van der Waals surface area contributed by atoms with Crippen molar-refractivity contribution >= 4 is 128 Å². The number of fused-ring (bicyclic) bond motifs is 1. The van der Waals surface area contributed by atoms with Crippen LogP contribution >= 0.6 is 11.6 Å². The molecule has 12 rings (SSSR count). The minimum Gasteiger partial charge on any atom is -0.455 e. The van der Waals surface area contributed by atoms with E-state index in [9.17, 15) is 103 Å². The van der Waals surface area contributed by atoms with Crippen LogP contribution in [0.2, 0.25) is 5.02 Å². The lowest BCUT2D eigenvalue weighted by molar-refractivity contribution is -0.387. The van der Waals surface area contributed by atoms with Gasteiger partial charge in [0, 0.05) is 138 Å². The van der Waals surface area contributed by atoms with Gasteiger partial charge in [-0.1, -0.05) is 37.1 Å². The molecule has 0 bridgehead atoms. The molecule has 4 saturated heterocycles. The Labute approximate surface area is 693 Å². The lowest BCUT2D eigenvalue weighted by Crippen LogP contribution is -2.47. The number of sulfone groups is 1. The number of allylic oxidation sites excluding steroid dienone is 1. The molecular formula is C71H88ClF4N15O23S6. The number of ether oxygens (including phenoxy) is 4. The summed E-state index contributed by atoms with van der Waals surface area (Å²) >= 11 is 6.53. The van der Waals surface area contributed by atoms with Gasteiger partial charge in [0.05, 0.1) is 104 Å². The van der Waals surface area contributed by atoms with Gasteiger partial charge in [-0.25, -0.2) is 65.8 Å². The highest BCUT2D eigenvalue weighted by molar-refractivity contribution is 7.92. The second-order valence-corrected chi connectivity index (χ2v) is 40.6. The number of nitrogens with two attached hydrogens (primary N) is 3. The van der Waals surface area contributed by atoms with E-state index in [1.807, 2.05) is 0 Å². The number of primary sulfonamides is 2. The summed E-state index contributed by atoms with van der Waals surface area (Å²) in [5, 5.41) is 49.7. The molecule has 4 aliphatic heterocycles. The van der Waals surface area contributed by atoms with Crippen LogP contribution in [0.5, 0.6) is 11.5 Å². The zero-order chi connectivity index (χ0) is 88.4. The van der Waals surface area contributed by atoms with E-state index in [0.29, 0.717) is 94.4 Å². The third-order valence-electron chi connectivity index (χ3n) is 19.6. The molecule has 4 fully saturated rings. The predicted molar refractivity (Wildman–Crippen MR) is 435 cm³/mol. The maximum atomic E-state index is 14.1. The maximum Gasteiger partial charge on any atom is 0.416 e. The first-order valence-electron chi connectivity index (χ1n) is 36.4. The highest BCUT2D eigenvalue weighted by Crippen LogP contribution is 2.46. The lowest BCUT2D eigenvalue weighted by Gasteiger charge is -2.39. The Morgan fingerprint density at radius 3 is 1.65 bits per heavy atom. The van der Waals surface area contributed by atoms with Gasteiger partial charge in [0.25, 0.3) is 11.4 Å². The third-order valence-corrected chi connectivity index (χ3v) is 27.2. The molecule has 120 heavy (non-hydrogen) atoms. The fraction of sp³-hybridized carbons (Fsp3) is 0.437. The van der Waals surface area contributed by atoms with Gasteiger partial charge in [-0.3, -0.25) is 40.0 Å². The number of sulfonamides is 5. The number of alkyl halides is 3. The summed E-state index contributed by atoms with van der Waals surface area (Å²) in [6.07, 6.45) is 3.15. The van der Waals surface area contributed by atoms with Gasteiger partial charge in [-0.15, -0.1) is 0 Å². The van der Waals surface area contributed by atoms with Crippen LogP contribution in [0.1, 0.15) is 54.6 Å². The van der Waals surface area contributed by atoms with Gasteiger partial charge in [0.15, 0.2) is 15.6 Å². The summed E-state index contributed by atoms with van der Waals surface area (Å²) in [4.78, 5) is 55.6. The van der Waals surface area contributed by atoms with E-state index >= 15 is 0 Å². The molecule has 9 N–H and O–H groups in total. The number of morpholine rings is 3. The van der Waals surface area contributed by atoms with Crippen molar-refractivity contribution in [3.63, 3.8) is 0 Å². The molecule has 0 amide bonds. The number of anilines is 3. The molecular weight excluding hydrogens is 1730 g/mol. The van der Waals surface area contributed by atoms with Crippen LogP contribution in [0, 0.1) is 41.6 Å². The molecule has 656 valence electrons. The minimum atomic E-state index is -4.51. The molecule has 0 spiro atoms. The maximum absolute atomic E-state index is 14.1. The fourth-order valence-electron chi connectivity index (χ4n) is 13.2. The Morgan fingerprint density at radius 1 is 0.650 bits per heavy atom. The number of nitro benzene ring substituents is 3. The van der Waals surface area contributed by atoms with Crippen molar-refractivity contribution in [2.45, 2.75) is 72.3 Å². The van der Waals surface area contributed by atoms with E-state index in [-0.39, 0.29) is 102 Å². The molecule has 3 unspecified atom stereocenters. The molecule has 38 nitrogen and oxygen atoms in total. The summed E-state index contributed by atoms with van der Waals surface area (Å²) in [6, 6.07) is 20.6. The van der Waals surface area contributed by atoms with Gasteiger partial charge in [0.1, 0.15) is 34.3 Å². The monoisotopic (exact) mass is 1820 g/mol. The van der Waals surface area contributed by atoms with Crippen molar-refractivity contribution in [3.8, 4) is 11.5 Å². The fourth-order valence-corrected chi connectivity index (χ4v) is 18.4. The molecule has 3 atom stereocenters. The minimum absolute atomic E-state index is 0.000549. The van der Waals surface area contributed by atoms with Crippen molar-refractivity contribution < 1.29 is 107 Å². The largest absolute Gasteiger partial charge is 0.455 e. The Hall–Kier alpha value is -9.09. The first-order valence-corrected chi connectivity index (χ1v) is 47.0. The quantitative estimate of drug-likeness (QED) is 0.0149. The number of aromatic nitrogens is 2. The summed E-state index contributed by atoms with van der Waals surface area (Å²) in [5.41, 5.74) is 6.63. The third kappa shape index (κ3) is 26.0. The summed E-state index contributed by atoms with van der Waals surface area (Å²) in [7, 11) is -22.5. The number of Topliss-reactive ketones (excluding diaryl/α,β-unsaturated/α-hetero) is 1. The number of carbonyl (C=O) groups is 1. The van der Waals surface area contributed by atoms with E-state index in [1.54, 1.807) is 30.5 Å². The van der Waals surface area contributed by atoms with Gasteiger partial charge >= 0.3 is 11.9 Å². The zero-order valence-electron chi connectivity index (χ0n) is 65.0. The smallest absolute Gasteiger partial charge is 0.416 e. The molecule has 0 radical (unpaired) electrons. The second-order valence-electron chi connectivity index (χ2n) is 29.1. The molecule has 7 aromatic rings. The van der Waals surface area contributed by atoms with Crippen LogP contribution in [0.4, 0.5) is 51.7 Å². The van der Waals surface area contributed by atoms with E-state index < -0.39 is 143 Å². The SMILES string of the molecule is CC1(C)CCC(CN2CCN(c3ccc(C(=O)CS(=O)(=O)c4ccc(NCC5CN(S(C)(=O)=O)CCO5)c([N+](=O)[O-])c4)c(Oc4cnc5[nH]ccc5c4)c3)CC2)=C(c2ccc(C(F)(F)F)cc2Cl)C1.CS(=O)(=O)N1CCOC(CN)C1.CS(=O)(=O)N1CCOC(CNc2ccc(S(N)(=O)=O)cc2[N+](=O)[O-])C1.NS(=O)(=O)c1ccc(F)c([N+](=O)[O-])c1. The van der Waals surface area contributed by atoms with Gasteiger partial charge in [-0.2, -0.15) is 30.5 Å². The number of ketones is 1. The van der Waals surface area contributed by atoms with E-state index in [4.69, 9.17) is 46.6 Å². The number of piperazine rings is 1. The molecule has 5 aliphatic rings. The average molecular weight is 1820 g/mol. The highest BCUT2D eigenvalue weighted by Gasteiger charge is 2.37. The van der Waals surface area contributed by atoms with Crippen LogP contribution in [-0.4, -0.2) is 253 Å². The van der Waals surface area contributed by atoms with E-state index in [0.717, 1.165) is 84.4 Å². The predicted octanol–water partition coefficient (Wildman–Crippen LogP) is 6.75. The number of carbonyl (C=O) groups excluding carboxylic acids is 1. The summed E-state index contributed by atoms with van der Waals surface area (Å²) in [5.74, 6) is -2.60. The molecule has 6 heterocycles. The van der Waals surface area contributed by atoms with Crippen molar-refractivity contribution in [2.24, 2.45) is 21.4 Å². The van der Waals surface area contributed by atoms with Crippen LogP contribution in [-0.2, 0) is 80.3 Å². The van der Waals surface area contributed by atoms with Crippen molar-refractivity contribution in [1.29, 1.82) is 0 Å². The first kappa shape index (κ1) is 94.8. The number of hydrogen-bond donors (Lipinski definition) is 6. The van der Waals surface area contributed by atoms with Crippen LogP contribution in [0.3, 0.4) is 0 Å². The van der Waals surface area contributed by atoms with Crippen molar-refractivity contribution in [2.75, 3.05) is 152 Å². The van der Waals surface area contributed by atoms with Gasteiger partial charge in [-0.05, 0) is 109 Å². The lowest BCUT2D eigenvalue weighted by atomic mass is 9.72. The molecule has 5 aromatic carbocycles. The van der Waals surface area contributed by atoms with Crippen LogP contribution in [0.25, 0.3) is 16.6 Å². The first-order chi connectivity index (χ1) is 55.9. The number of H-pyrrole nitrogens is 1. The Bertz CT molecular complexity index is 5760. The zero-order valence-corrected chi connectivity index (χ0v) is 70.7. The number of benzene rings is 5. The molecule has 49 heteroatoms. The topological polar surface area (TPSA) is 535 Å². The van der Waals surface area contributed by atoms with Crippen molar-refractivity contribution in [1.82, 2.24) is 27.8 Å². The molecule has 0 saturated carbocycles. The molecule has 2 aromatic heterocycles. The van der Waals surface area contributed by atoms with E-state index in [1.165, 1.54) is 49.6 Å². The Morgan fingerprint density at radius 2 is 1.15 bits per heavy atom. The number of pyridine rings is 1. The van der Waals surface area contributed by atoms with Crippen molar-refractivity contribution in [3.05, 3.63) is 179 Å². The standard InChI is InChI=1S/C47H51ClF3N7O9S2.C12H18N4O7S2.C6H5FN2O4S.C6H14N2O3S/c1-46(2)12-10-31(39(24-46)37-7-4-32(21-40(37)48)47(49,50)51)27-55-14-16-56(17-15-55)33-5-8-38(44(22-33)67-34-20-30-11-13-52-45(30)54-25-34)43(59)29-69(64,65)36-6-9-41(42(23-36)58(60)61)53-26-35-28-57(18-19-66-35)68(3,62)63;1-24(19,20)15-4-5-23-9(8-15)7-14-11-3-2-10(25(13,21)22)6-12(11)16(17)18;7-5-2-1-4(14(8,12)13)3-6(5)9(10)11;1-12(9,10)8-2-3-11-6(4-7)5-8/h4-9,11,13,20-23,25,35,53H,10,12,14-19,24,26-29H2,1-3H3,(H,52,54);2-3,6,9,14H,4-5,7-8H2,1H3,(H2,13,21,22);1-3H,(H2,8,12,13);6H,2-5,7H2,1H3. The van der Waals surface area contributed by atoms with E-state index in [2.05, 4.69) is 44.2 Å². The number of nitrogens with zero attached hydrogens (tertiary/aromatic N) is 9.